The molecule has 5 heteroatoms. The van der Waals surface area contributed by atoms with Crippen LogP contribution in [0.25, 0.3) is 0 Å². The van der Waals surface area contributed by atoms with E-state index in [9.17, 15) is 10.1 Å². The Morgan fingerprint density at radius 3 is 3.10 bits per heavy atom. The lowest BCUT2D eigenvalue weighted by Gasteiger charge is -2.17. The number of rotatable bonds is 5. The Morgan fingerprint density at radius 1 is 1.60 bits per heavy atom. The fourth-order valence-electron chi connectivity index (χ4n) is 2.50. The van der Waals surface area contributed by atoms with Crippen molar-refractivity contribution in [3.8, 4) is 6.07 Å². The van der Waals surface area contributed by atoms with E-state index in [0.29, 0.717) is 25.5 Å². The molecule has 0 radical (unpaired) electrons. The molecule has 1 aromatic rings. The Kier molecular flexibility index (Phi) is 5.02. The number of carbonyl (C=O) groups excluding carboxylic acids is 1. The van der Waals surface area contributed by atoms with E-state index in [0.717, 1.165) is 29.8 Å². The minimum atomic E-state index is -0.201. The van der Waals surface area contributed by atoms with Crippen molar-refractivity contribution in [3.63, 3.8) is 0 Å². The number of nitrogens with zero attached hydrogens (tertiary/aromatic N) is 1. The first-order chi connectivity index (χ1) is 9.65. The largest absolute Gasteiger partial charge is 0.466 e. The van der Waals surface area contributed by atoms with Crippen LogP contribution >= 0.6 is 11.3 Å². The van der Waals surface area contributed by atoms with E-state index < -0.39 is 0 Å². The first kappa shape index (κ1) is 14.9. The van der Waals surface area contributed by atoms with E-state index in [-0.39, 0.29) is 5.97 Å². The summed E-state index contributed by atoms with van der Waals surface area (Å²) in [6.45, 7) is 4.98. The summed E-state index contributed by atoms with van der Waals surface area (Å²) in [5, 5.41) is 13.5. The van der Waals surface area contributed by atoms with Crippen LogP contribution in [0.2, 0.25) is 0 Å². The highest BCUT2D eigenvalue weighted by Gasteiger charge is 2.23. The molecular formula is C15H20N2O2S. The van der Waals surface area contributed by atoms with Gasteiger partial charge in [-0.25, -0.2) is 0 Å². The van der Waals surface area contributed by atoms with E-state index >= 15 is 0 Å². The fraction of sp³-hybridized carbons (Fsp3) is 0.600. The lowest BCUT2D eigenvalue weighted by atomic mass is 9.89. The molecule has 1 unspecified atom stereocenters. The van der Waals surface area contributed by atoms with E-state index in [1.165, 1.54) is 10.4 Å². The van der Waals surface area contributed by atoms with E-state index in [2.05, 4.69) is 18.3 Å². The molecule has 1 aliphatic rings. The van der Waals surface area contributed by atoms with Crippen molar-refractivity contribution in [2.45, 2.75) is 39.5 Å². The summed E-state index contributed by atoms with van der Waals surface area (Å²) in [6.07, 6.45) is 3.54. The number of esters is 1. The minimum absolute atomic E-state index is 0.201. The molecule has 0 fully saturated rings. The summed E-state index contributed by atoms with van der Waals surface area (Å²) < 4.78 is 4.89. The summed E-state index contributed by atoms with van der Waals surface area (Å²) >= 11 is 1.67. The standard InChI is InChI=1S/C15H20N2O2S/c1-3-19-14(18)6-7-17-15-12(9-16)11-5-4-10(2)8-13(11)20-15/h10,17H,3-8H2,1-2H3. The Labute approximate surface area is 123 Å². The molecule has 1 heterocycles. The van der Waals surface area contributed by atoms with Crippen LogP contribution in [-0.2, 0) is 22.4 Å². The molecule has 0 bridgehead atoms. The summed E-state index contributed by atoms with van der Waals surface area (Å²) in [5.74, 6) is 0.494. The molecule has 2 rings (SSSR count). The summed E-state index contributed by atoms with van der Waals surface area (Å²) in [5.41, 5.74) is 2.00. The van der Waals surface area contributed by atoms with Crippen molar-refractivity contribution in [1.82, 2.24) is 0 Å². The highest BCUT2D eigenvalue weighted by Crippen LogP contribution is 2.39. The zero-order chi connectivity index (χ0) is 14.5. The number of ether oxygens (including phenoxy) is 1. The van der Waals surface area contributed by atoms with Gasteiger partial charge in [-0.05, 0) is 37.7 Å². The molecule has 108 valence electrons. The lowest BCUT2D eigenvalue weighted by molar-refractivity contribution is -0.142. The Hall–Kier alpha value is -1.54. The average Bonchev–Trinajstić information content (AvgIpc) is 2.75. The van der Waals surface area contributed by atoms with Crippen LogP contribution < -0.4 is 5.32 Å². The van der Waals surface area contributed by atoms with Gasteiger partial charge in [0, 0.05) is 11.4 Å². The summed E-state index contributed by atoms with van der Waals surface area (Å²) in [7, 11) is 0. The fourth-order valence-corrected chi connectivity index (χ4v) is 3.89. The topological polar surface area (TPSA) is 62.1 Å². The third-order valence-corrected chi connectivity index (χ3v) is 4.76. The van der Waals surface area contributed by atoms with Crippen LogP contribution in [0.3, 0.4) is 0 Å². The van der Waals surface area contributed by atoms with E-state index in [4.69, 9.17) is 4.74 Å². The Bertz CT molecular complexity index is 531. The third kappa shape index (κ3) is 3.31. The number of hydrogen-bond acceptors (Lipinski definition) is 5. The Morgan fingerprint density at radius 2 is 2.40 bits per heavy atom. The van der Waals surface area contributed by atoms with Crippen molar-refractivity contribution in [3.05, 3.63) is 16.0 Å². The zero-order valence-electron chi connectivity index (χ0n) is 12.0. The van der Waals surface area contributed by atoms with Gasteiger partial charge in [0.05, 0.1) is 18.6 Å². The maximum Gasteiger partial charge on any atom is 0.307 e. The molecule has 0 spiro atoms. The maximum atomic E-state index is 11.3. The van der Waals surface area contributed by atoms with Crippen LogP contribution in [0.5, 0.6) is 0 Å². The average molecular weight is 292 g/mol. The molecule has 0 aromatic carbocycles. The quantitative estimate of drug-likeness (QED) is 0.847. The lowest BCUT2D eigenvalue weighted by Crippen LogP contribution is -2.11. The number of thiophene rings is 1. The predicted molar refractivity (Wildman–Crippen MR) is 80.0 cm³/mol. The number of nitriles is 1. The second kappa shape index (κ2) is 6.76. The monoisotopic (exact) mass is 292 g/mol. The smallest absolute Gasteiger partial charge is 0.307 e. The highest BCUT2D eigenvalue weighted by molar-refractivity contribution is 7.16. The van der Waals surface area contributed by atoms with E-state index in [1.54, 1.807) is 18.3 Å². The molecule has 1 aromatic heterocycles. The maximum absolute atomic E-state index is 11.3. The number of fused-ring (bicyclic) bond motifs is 1. The molecule has 1 atom stereocenters. The molecule has 4 nitrogen and oxygen atoms in total. The van der Waals surface area contributed by atoms with Crippen molar-refractivity contribution >= 4 is 22.3 Å². The van der Waals surface area contributed by atoms with Gasteiger partial charge in [0.25, 0.3) is 0 Å². The summed E-state index contributed by atoms with van der Waals surface area (Å²) in [6, 6.07) is 2.31. The molecule has 0 saturated heterocycles. The zero-order valence-corrected chi connectivity index (χ0v) is 12.8. The molecule has 0 saturated carbocycles. The molecule has 1 aliphatic carbocycles. The summed E-state index contributed by atoms with van der Waals surface area (Å²) in [4.78, 5) is 12.6. The number of hydrogen-bond donors (Lipinski definition) is 1. The SMILES string of the molecule is CCOC(=O)CCNc1sc2c(c1C#N)CCC(C)C2. The second-order valence-electron chi connectivity index (χ2n) is 5.15. The van der Waals surface area contributed by atoms with Crippen molar-refractivity contribution in [2.75, 3.05) is 18.5 Å². The van der Waals surface area contributed by atoms with Crippen LogP contribution in [0, 0.1) is 17.2 Å². The van der Waals surface area contributed by atoms with Gasteiger partial charge < -0.3 is 10.1 Å². The third-order valence-electron chi connectivity index (χ3n) is 3.54. The molecular weight excluding hydrogens is 272 g/mol. The van der Waals surface area contributed by atoms with Crippen molar-refractivity contribution in [2.24, 2.45) is 5.92 Å². The van der Waals surface area contributed by atoms with Crippen LogP contribution in [0.1, 0.15) is 42.7 Å². The number of nitrogens with one attached hydrogen (secondary N) is 1. The van der Waals surface area contributed by atoms with Gasteiger partial charge in [0.15, 0.2) is 0 Å². The van der Waals surface area contributed by atoms with Crippen LogP contribution in [0.15, 0.2) is 0 Å². The predicted octanol–water partition coefficient (Wildman–Crippen LogP) is 3.11. The number of carbonyl (C=O) groups is 1. The van der Waals surface area contributed by atoms with Gasteiger partial charge in [0.1, 0.15) is 11.1 Å². The van der Waals surface area contributed by atoms with Gasteiger partial charge in [-0.2, -0.15) is 5.26 Å². The van der Waals surface area contributed by atoms with Gasteiger partial charge in [-0.15, -0.1) is 11.3 Å². The Balaban J connectivity index is 2.02. The number of anilines is 1. The van der Waals surface area contributed by atoms with Crippen LogP contribution in [-0.4, -0.2) is 19.1 Å². The molecule has 0 aliphatic heterocycles. The van der Waals surface area contributed by atoms with Gasteiger partial charge in [-0.1, -0.05) is 6.92 Å². The van der Waals surface area contributed by atoms with Crippen LogP contribution in [0.4, 0.5) is 5.00 Å². The van der Waals surface area contributed by atoms with Gasteiger partial charge in [-0.3, -0.25) is 4.79 Å². The first-order valence-electron chi connectivity index (χ1n) is 7.09. The van der Waals surface area contributed by atoms with Crippen molar-refractivity contribution < 1.29 is 9.53 Å². The second-order valence-corrected chi connectivity index (χ2v) is 6.25. The normalized spacial score (nSPS) is 17.1. The first-order valence-corrected chi connectivity index (χ1v) is 7.91. The molecule has 0 amide bonds. The minimum Gasteiger partial charge on any atom is -0.466 e. The highest BCUT2D eigenvalue weighted by atomic mass is 32.1. The van der Waals surface area contributed by atoms with Gasteiger partial charge >= 0.3 is 5.97 Å². The van der Waals surface area contributed by atoms with Gasteiger partial charge in [0.2, 0.25) is 0 Å². The molecule has 20 heavy (non-hydrogen) atoms. The van der Waals surface area contributed by atoms with E-state index in [1.807, 2.05) is 0 Å². The molecule has 1 N–H and O–H groups in total. The van der Waals surface area contributed by atoms with Crippen molar-refractivity contribution in [1.29, 1.82) is 5.26 Å².